The van der Waals surface area contributed by atoms with Gasteiger partial charge in [-0.2, -0.15) is 0 Å². The Kier molecular flexibility index (Phi) is 17.2. The van der Waals surface area contributed by atoms with Gasteiger partial charge in [0.1, 0.15) is 12.1 Å². The number of rotatable bonds is 12. The zero-order valence-electron chi connectivity index (χ0n) is 27.2. The van der Waals surface area contributed by atoms with Crippen LogP contribution in [0.5, 0.6) is 0 Å². The molecule has 1 aromatic carbocycles. The van der Waals surface area contributed by atoms with Crippen LogP contribution in [0.4, 0.5) is 4.79 Å². The van der Waals surface area contributed by atoms with Crippen molar-refractivity contribution in [1.82, 2.24) is 15.5 Å². The van der Waals surface area contributed by atoms with Crippen molar-refractivity contribution < 1.29 is 28.7 Å². The number of hydrogen-bond acceptors (Lipinski definition) is 6. The van der Waals surface area contributed by atoms with E-state index in [4.69, 9.17) is 10.5 Å². The van der Waals surface area contributed by atoms with Crippen LogP contribution in [0, 0.1) is 5.92 Å². The number of carbonyl (C=O) groups excluding carboxylic acids is 5. The van der Waals surface area contributed by atoms with Crippen molar-refractivity contribution in [3.8, 4) is 0 Å². The molecule has 1 heterocycles. The Balaban J connectivity index is 0.00000120. The topological polar surface area (TPSA) is 148 Å². The van der Waals surface area contributed by atoms with Gasteiger partial charge in [0, 0.05) is 6.54 Å². The quantitative estimate of drug-likeness (QED) is 0.301. The lowest BCUT2D eigenvalue weighted by Gasteiger charge is -2.32. The summed E-state index contributed by atoms with van der Waals surface area (Å²) in [4.78, 5) is 64.5. The lowest BCUT2D eigenvalue weighted by atomic mass is 9.95. The molecular formula is C33H54N4O6. The molecule has 10 heteroatoms. The van der Waals surface area contributed by atoms with E-state index in [1.165, 1.54) is 24.2 Å². The summed E-state index contributed by atoms with van der Waals surface area (Å²) in [6, 6.07) is 5.19. The summed E-state index contributed by atoms with van der Waals surface area (Å²) >= 11 is 0. The molecule has 10 nitrogen and oxygen atoms in total. The average molecular weight is 603 g/mol. The molecule has 3 unspecified atom stereocenters. The van der Waals surface area contributed by atoms with Crippen molar-refractivity contribution in [1.29, 1.82) is 0 Å². The van der Waals surface area contributed by atoms with Crippen LogP contribution in [0.25, 0.3) is 0 Å². The molecule has 1 aromatic rings. The molecule has 1 fully saturated rings. The largest absolute Gasteiger partial charge is 0.447 e. The van der Waals surface area contributed by atoms with Gasteiger partial charge in [-0.05, 0) is 63.0 Å². The maximum Gasteiger partial charge on any atom is 0.408 e. The number of hydrogen-bond donors (Lipinski definition) is 3. The molecule has 1 aliphatic heterocycles. The van der Waals surface area contributed by atoms with Gasteiger partial charge in [-0.1, -0.05) is 84.6 Å². The van der Waals surface area contributed by atoms with Crippen LogP contribution in [-0.4, -0.2) is 65.3 Å². The number of ketones is 1. The molecule has 43 heavy (non-hydrogen) atoms. The van der Waals surface area contributed by atoms with Gasteiger partial charge in [-0.3, -0.25) is 19.2 Å². The highest BCUT2D eigenvalue weighted by Crippen LogP contribution is 2.31. The Labute approximate surface area is 257 Å². The summed E-state index contributed by atoms with van der Waals surface area (Å²) in [5, 5.41) is 5.38. The van der Waals surface area contributed by atoms with Crippen molar-refractivity contribution in [3.63, 3.8) is 0 Å². The van der Waals surface area contributed by atoms with Crippen molar-refractivity contribution in [2.24, 2.45) is 11.7 Å². The minimum absolute atomic E-state index is 0.191. The highest BCUT2D eigenvalue weighted by molar-refractivity contribution is 6.37. The van der Waals surface area contributed by atoms with Gasteiger partial charge in [0.25, 0.3) is 5.91 Å². The third-order valence-electron chi connectivity index (χ3n) is 7.43. The summed E-state index contributed by atoms with van der Waals surface area (Å²) < 4.78 is 5.25. The Morgan fingerprint density at radius 3 is 2.00 bits per heavy atom. The molecule has 242 valence electrons. The molecular weight excluding hydrogens is 548 g/mol. The SMILES string of the molecule is CC.CCCC(NC(=O)C1CCCN1C(=O)C(NC(=O)OC(C)C)C1Cc2ccccc2C1)C(=O)C(N)=O.CCCCC. The second kappa shape index (κ2) is 19.7. The Morgan fingerprint density at radius 2 is 1.53 bits per heavy atom. The molecule has 4 N–H and O–H groups in total. The Bertz CT molecular complexity index is 1030. The number of amides is 4. The summed E-state index contributed by atoms with van der Waals surface area (Å²) in [5.41, 5.74) is 7.40. The Morgan fingerprint density at radius 1 is 0.953 bits per heavy atom. The van der Waals surface area contributed by atoms with Crippen LogP contribution in [0.2, 0.25) is 0 Å². The molecule has 0 bridgehead atoms. The van der Waals surface area contributed by atoms with Gasteiger partial charge in [0.15, 0.2) is 0 Å². The van der Waals surface area contributed by atoms with E-state index in [0.29, 0.717) is 38.6 Å². The maximum atomic E-state index is 13.8. The fourth-order valence-corrected chi connectivity index (χ4v) is 5.42. The minimum atomic E-state index is -1.11. The number of alkyl carbamates (subject to hydrolysis) is 1. The molecule has 0 radical (unpaired) electrons. The Hall–Kier alpha value is -3.43. The van der Waals surface area contributed by atoms with E-state index in [2.05, 4.69) is 24.5 Å². The standard InChI is InChI=1S/C26H36N4O6.C5H12.C2H6/c1-4-8-19(22(31)23(27)32)28-24(33)20-11-7-12-30(20)25(34)21(29-26(35)36-15(2)3)18-13-16-9-5-6-10-17(16)14-18;1-3-5-4-2;1-2/h5-6,9-10,15,18-21H,4,7-8,11-14H2,1-3H3,(H2,27,32)(H,28,33)(H,29,35);3-5H2,1-2H3;1-2H3. The first-order chi connectivity index (χ1) is 20.5. The van der Waals surface area contributed by atoms with Crippen LogP contribution >= 0.6 is 0 Å². The molecule has 1 aliphatic carbocycles. The second-order valence-corrected chi connectivity index (χ2v) is 11.1. The fourth-order valence-electron chi connectivity index (χ4n) is 5.42. The monoisotopic (exact) mass is 602 g/mol. The molecule has 3 atom stereocenters. The predicted molar refractivity (Wildman–Crippen MR) is 168 cm³/mol. The molecule has 1 saturated heterocycles. The van der Waals surface area contributed by atoms with Crippen LogP contribution < -0.4 is 16.4 Å². The number of fused-ring (bicyclic) bond motifs is 1. The highest BCUT2D eigenvalue weighted by atomic mass is 16.6. The van der Waals surface area contributed by atoms with Gasteiger partial charge in [0.2, 0.25) is 17.6 Å². The number of nitrogens with one attached hydrogen (secondary N) is 2. The van der Waals surface area contributed by atoms with Gasteiger partial charge < -0.3 is 26.0 Å². The number of benzene rings is 1. The zero-order chi connectivity index (χ0) is 32.5. The number of carbonyl (C=O) groups is 5. The van der Waals surface area contributed by atoms with E-state index >= 15 is 0 Å². The summed E-state index contributed by atoms with van der Waals surface area (Å²) in [6.45, 7) is 14.0. The van der Waals surface area contributed by atoms with Crippen LogP contribution in [0.1, 0.15) is 105 Å². The number of nitrogens with two attached hydrogens (primary N) is 1. The molecule has 3 rings (SSSR count). The first-order valence-electron chi connectivity index (χ1n) is 16.0. The fraction of sp³-hybridized carbons (Fsp3) is 0.667. The number of unbranched alkanes of at least 4 members (excludes halogenated alkanes) is 2. The first-order valence-corrected chi connectivity index (χ1v) is 16.0. The molecule has 4 amide bonds. The van der Waals surface area contributed by atoms with Crippen LogP contribution in [-0.2, 0) is 36.8 Å². The second-order valence-electron chi connectivity index (χ2n) is 11.1. The normalized spacial score (nSPS) is 16.9. The lowest BCUT2D eigenvalue weighted by Crippen LogP contribution is -2.57. The molecule has 0 saturated carbocycles. The van der Waals surface area contributed by atoms with Crippen LogP contribution in [0.3, 0.4) is 0 Å². The zero-order valence-corrected chi connectivity index (χ0v) is 27.2. The van der Waals surface area contributed by atoms with Gasteiger partial charge in [0.05, 0.1) is 12.1 Å². The van der Waals surface area contributed by atoms with Gasteiger partial charge in [-0.15, -0.1) is 0 Å². The molecule has 0 spiro atoms. The third-order valence-corrected chi connectivity index (χ3v) is 7.43. The maximum absolute atomic E-state index is 13.8. The summed E-state index contributed by atoms with van der Waals surface area (Å²) in [5.74, 6) is -3.03. The van der Waals surface area contributed by atoms with Crippen molar-refractivity contribution in [2.75, 3.05) is 6.54 Å². The first kappa shape index (κ1) is 37.6. The average Bonchev–Trinajstić information content (AvgIpc) is 3.64. The molecule has 2 aliphatic rings. The lowest BCUT2D eigenvalue weighted by molar-refractivity contribution is -0.142. The van der Waals surface area contributed by atoms with E-state index < -0.39 is 41.8 Å². The number of primary amides is 1. The van der Waals surface area contributed by atoms with Crippen molar-refractivity contribution in [2.45, 2.75) is 130 Å². The van der Waals surface area contributed by atoms with Gasteiger partial charge in [-0.25, -0.2) is 4.79 Å². The number of nitrogens with zero attached hydrogens (tertiary/aromatic N) is 1. The van der Waals surface area contributed by atoms with E-state index in [-0.39, 0.29) is 24.3 Å². The van der Waals surface area contributed by atoms with E-state index in [0.717, 1.165) is 11.1 Å². The van der Waals surface area contributed by atoms with E-state index in [1.54, 1.807) is 13.8 Å². The molecule has 0 aromatic heterocycles. The number of Topliss-reactive ketones (excluding diaryl/α,β-unsaturated/α-hetero) is 1. The van der Waals surface area contributed by atoms with E-state index in [1.807, 2.05) is 45.0 Å². The van der Waals surface area contributed by atoms with Crippen LogP contribution in [0.15, 0.2) is 24.3 Å². The number of ether oxygens (including phenoxy) is 1. The third kappa shape index (κ3) is 11.6. The van der Waals surface area contributed by atoms with Crippen molar-refractivity contribution in [3.05, 3.63) is 35.4 Å². The smallest absolute Gasteiger partial charge is 0.408 e. The number of likely N-dealkylation sites (tertiary alicyclic amines) is 1. The van der Waals surface area contributed by atoms with Gasteiger partial charge >= 0.3 is 6.09 Å². The minimum Gasteiger partial charge on any atom is -0.447 e. The predicted octanol–water partition coefficient (Wildman–Crippen LogP) is 4.46. The highest BCUT2D eigenvalue weighted by Gasteiger charge is 2.43. The summed E-state index contributed by atoms with van der Waals surface area (Å²) in [7, 11) is 0. The van der Waals surface area contributed by atoms with Crippen molar-refractivity contribution >= 4 is 29.6 Å². The summed E-state index contributed by atoms with van der Waals surface area (Å²) in [6.07, 6.45) is 6.10. The van der Waals surface area contributed by atoms with E-state index in [9.17, 15) is 24.0 Å².